The highest BCUT2D eigenvalue weighted by Gasteiger charge is 2.53. The van der Waals surface area contributed by atoms with Crippen molar-refractivity contribution in [3.8, 4) is 5.75 Å². The molecule has 3 aromatic rings. The summed E-state index contributed by atoms with van der Waals surface area (Å²) in [7, 11) is 1.68. The van der Waals surface area contributed by atoms with Gasteiger partial charge in [0.05, 0.1) is 12.8 Å². The highest BCUT2D eigenvalue weighted by Crippen LogP contribution is 2.58. The number of carbonyl (C=O) groups is 1. The fourth-order valence-corrected chi connectivity index (χ4v) is 5.90. The van der Waals surface area contributed by atoms with Gasteiger partial charge in [-0.3, -0.25) is 4.79 Å². The Balaban J connectivity index is 1.76. The maximum atomic E-state index is 13.7. The van der Waals surface area contributed by atoms with E-state index in [1.165, 1.54) is 35.8 Å². The van der Waals surface area contributed by atoms with Crippen molar-refractivity contribution in [2.75, 3.05) is 7.11 Å². The van der Waals surface area contributed by atoms with E-state index in [9.17, 15) is 4.79 Å². The van der Waals surface area contributed by atoms with Gasteiger partial charge in [-0.2, -0.15) is 0 Å². The Bertz CT molecular complexity index is 1120. The lowest BCUT2D eigenvalue weighted by atomic mass is 9.53. The highest BCUT2D eigenvalue weighted by molar-refractivity contribution is 9.10. The van der Waals surface area contributed by atoms with E-state index in [1.54, 1.807) is 7.11 Å². The van der Waals surface area contributed by atoms with Crippen LogP contribution in [0.3, 0.4) is 0 Å². The molecule has 2 aliphatic carbocycles. The highest BCUT2D eigenvalue weighted by atomic mass is 79.9. The van der Waals surface area contributed by atoms with Gasteiger partial charge in [0.1, 0.15) is 5.75 Å². The van der Waals surface area contributed by atoms with Gasteiger partial charge in [-0.15, -0.1) is 0 Å². The number of Topliss-reactive ketones (excluding diaryl/α,β-unsaturated/α-hetero) is 1. The summed E-state index contributed by atoms with van der Waals surface area (Å²) in [5.41, 5.74) is 4.40. The summed E-state index contributed by atoms with van der Waals surface area (Å²) < 4.78 is 8.64. The maximum Gasteiger partial charge on any atom is 0.185 e. The van der Waals surface area contributed by atoms with Crippen molar-refractivity contribution in [1.29, 1.82) is 0 Å². The monoisotopic (exact) mass is 451 g/mol. The number of fused-ring (bicyclic) bond motifs is 4. The molecule has 1 saturated carbocycles. The molecule has 5 rings (SSSR count). The molecule has 0 aliphatic heterocycles. The number of hydrogen-bond acceptors (Lipinski definition) is 2. The van der Waals surface area contributed by atoms with Crippen LogP contribution in [0.25, 0.3) is 10.9 Å². The van der Waals surface area contributed by atoms with Gasteiger partial charge < -0.3 is 9.30 Å². The number of rotatable bonds is 3. The summed E-state index contributed by atoms with van der Waals surface area (Å²) >= 11 is 3.66. The number of benzene rings is 2. The molecule has 0 radical (unpaired) electrons. The average molecular weight is 452 g/mol. The topological polar surface area (TPSA) is 31.2 Å². The van der Waals surface area contributed by atoms with Crippen LogP contribution in [0.5, 0.6) is 5.75 Å². The second-order valence-electron chi connectivity index (χ2n) is 9.34. The third-order valence-corrected chi connectivity index (χ3v) is 7.47. The Kier molecular flexibility index (Phi) is 4.22. The van der Waals surface area contributed by atoms with Crippen LogP contribution in [-0.2, 0) is 12.0 Å². The van der Waals surface area contributed by atoms with E-state index >= 15 is 0 Å². The molecular weight excluding hydrogens is 426 g/mol. The molecule has 1 heterocycles. The van der Waals surface area contributed by atoms with E-state index in [1.807, 2.05) is 12.1 Å². The SMILES string of the molecule is COc1ccc(Cn2c3c(c4cc(Br)ccc42)C2(CCC2)CC(C)(C)C3=O)cc1. The van der Waals surface area contributed by atoms with E-state index in [4.69, 9.17) is 4.74 Å². The van der Waals surface area contributed by atoms with Crippen molar-refractivity contribution < 1.29 is 9.53 Å². The Labute approximate surface area is 180 Å². The van der Waals surface area contributed by atoms with Gasteiger partial charge in [0.2, 0.25) is 0 Å². The predicted octanol–water partition coefficient (Wildman–Crippen LogP) is 6.50. The molecule has 1 aromatic heterocycles. The number of nitrogens with zero attached hydrogens (tertiary/aromatic N) is 1. The fraction of sp³-hybridized carbons (Fsp3) is 0.400. The van der Waals surface area contributed by atoms with E-state index < -0.39 is 0 Å². The minimum absolute atomic E-state index is 0.150. The largest absolute Gasteiger partial charge is 0.497 e. The number of hydrogen-bond donors (Lipinski definition) is 0. The summed E-state index contributed by atoms with van der Waals surface area (Å²) in [6.07, 6.45) is 4.58. The van der Waals surface area contributed by atoms with Crippen LogP contribution < -0.4 is 4.74 Å². The van der Waals surface area contributed by atoms with Crippen LogP contribution in [0.4, 0.5) is 0 Å². The maximum absolute atomic E-state index is 13.7. The van der Waals surface area contributed by atoms with Gasteiger partial charge in [0.15, 0.2) is 5.78 Å². The molecule has 0 saturated heterocycles. The van der Waals surface area contributed by atoms with Crippen LogP contribution in [0.1, 0.15) is 61.1 Å². The first kappa shape index (κ1) is 18.9. The van der Waals surface area contributed by atoms with Gasteiger partial charge in [-0.1, -0.05) is 48.3 Å². The lowest BCUT2D eigenvalue weighted by Crippen LogP contribution is -2.47. The number of methoxy groups -OCH3 is 1. The molecule has 29 heavy (non-hydrogen) atoms. The molecule has 1 fully saturated rings. The zero-order valence-electron chi connectivity index (χ0n) is 17.2. The third kappa shape index (κ3) is 2.79. The van der Waals surface area contributed by atoms with Crippen LogP contribution in [-0.4, -0.2) is 17.5 Å². The average Bonchev–Trinajstić information content (AvgIpc) is 2.98. The minimum Gasteiger partial charge on any atom is -0.497 e. The van der Waals surface area contributed by atoms with E-state index in [0.717, 1.165) is 27.9 Å². The molecule has 3 nitrogen and oxygen atoms in total. The Morgan fingerprint density at radius 1 is 1.10 bits per heavy atom. The van der Waals surface area contributed by atoms with Crippen LogP contribution >= 0.6 is 15.9 Å². The van der Waals surface area contributed by atoms with Crippen molar-refractivity contribution >= 4 is 32.6 Å². The lowest BCUT2D eigenvalue weighted by molar-refractivity contribution is 0.0652. The van der Waals surface area contributed by atoms with Gasteiger partial charge >= 0.3 is 0 Å². The summed E-state index contributed by atoms with van der Waals surface area (Å²) in [6.45, 7) is 4.95. The van der Waals surface area contributed by atoms with E-state index in [-0.39, 0.29) is 16.6 Å². The first-order chi connectivity index (χ1) is 13.8. The molecule has 0 unspecified atom stereocenters. The standard InChI is InChI=1S/C25H26BrNO2/c1-24(2)15-25(11-4-12-25)21-19-13-17(26)7-10-20(19)27(22(21)23(24)28)14-16-5-8-18(29-3)9-6-16/h5-10,13H,4,11-12,14-15H2,1-3H3. The molecule has 1 spiro atoms. The van der Waals surface area contributed by atoms with E-state index in [0.29, 0.717) is 6.54 Å². The molecule has 150 valence electrons. The van der Waals surface area contributed by atoms with Crippen molar-refractivity contribution in [2.45, 2.75) is 51.5 Å². The molecule has 0 atom stereocenters. The van der Waals surface area contributed by atoms with Gasteiger partial charge in [-0.25, -0.2) is 0 Å². The molecule has 0 amide bonds. The van der Waals surface area contributed by atoms with Crippen LogP contribution in [0.2, 0.25) is 0 Å². The molecule has 4 heteroatoms. The smallest absolute Gasteiger partial charge is 0.185 e. The number of halogens is 1. The molecule has 2 aromatic carbocycles. The molecule has 2 aliphatic rings. The summed E-state index contributed by atoms with van der Waals surface area (Å²) in [5, 5.41) is 1.24. The Morgan fingerprint density at radius 3 is 2.45 bits per heavy atom. The zero-order chi connectivity index (χ0) is 20.4. The van der Waals surface area contributed by atoms with Crippen molar-refractivity contribution in [2.24, 2.45) is 5.41 Å². The lowest BCUT2D eigenvalue weighted by Gasteiger charge is -2.50. The third-order valence-electron chi connectivity index (χ3n) is 6.98. The number of aromatic nitrogens is 1. The normalized spacial score (nSPS) is 19.2. The minimum atomic E-state index is -0.323. The van der Waals surface area contributed by atoms with Crippen LogP contribution in [0.15, 0.2) is 46.9 Å². The number of carbonyl (C=O) groups excluding carboxylic acids is 1. The van der Waals surface area contributed by atoms with Crippen molar-refractivity contribution in [1.82, 2.24) is 4.57 Å². The number of ketones is 1. The Hall–Kier alpha value is -2.07. The molecule has 0 bridgehead atoms. The number of ether oxygens (including phenoxy) is 1. The fourth-order valence-electron chi connectivity index (χ4n) is 5.54. The van der Waals surface area contributed by atoms with Crippen molar-refractivity contribution in [3.05, 3.63) is 63.8 Å². The van der Waals surface area contributed by atoms with Gasteiger partial charge in [0, 0.05) is 27.3 Å². The predicted molar refractivity (Wildman–Crippen MR) is 120 cm³/mol. The summed E-state index contributed by atoms with van der Waals surface area (Å²) in [5.74, 6) is 1.13. The second-order valence-corrected chi connectivity index (χ2v) is 10.3. The first-order valence-corrected chi connectivity index (χ1v) is 11.1. The van der Waals surface area contributed by atoms with Gasteiger partial charge in [0.25, 0.3) is 0 Å². The van der Waals surface area contributed by atoms with Gasteiger partial charge in [-0.05, 0) is 66.1 Å². The Morgan fingerprint density at radius 2 is 1.83 bits per heavy atom. The summed E-state index contributed by atoms with van der Waals surface area (Å²) in [4.78, 5) is 13.7. The molecule has 0 N–H and O–H groups in total. The zero-order valence-corrected chi connectivity index (χ0v) is 18.8. The molecular formula is C25H26BrNO2. The van der Waals surface area contributed by atoms with Crippen molar-refractivity contribution in [3.63, 3.8) is 0 Å². The first-order valence-electron chi connectivity index (χ1n) is 10.3. The quantitative estimate of drug-likeness (QED) is 0.455. The van der Waals surface area contributed by atoms with E-state index in [2.05, 4.69) is 64.7 Å². The second kappa shape index (κ2) is 6.46. The summed E-state index contributed by atoms with van der Waals surface area (Å²) in [6, 6.07) is 14.6. The van der Waals surface area contributed by atoms with Crippen LogP contribution in [0, 0.1) is 5.41 Å².